The number of amides is 2. The maximum absolute atomic E-state index is 12.6. The number of benzene rings is 1. The average molecular weight is 427 g/mol. The zero-order valence-electron chi connectivity index (χ0n) is 16.6. The quantitative estimate of drug-likeness (QED) is 0.610. The zero-order chi connectivity index (χ0) is 21.6. The smallest absolute Gasteiger partial charge is 0.322 e. The van der Waals surface area contributed by atoms with Crippen molar-refractivity contribution in [2.45, 2.75) is 24.8 Å². The number of esters is 1. The Morgan fingerprint density at radius 2 is 1.79 bits per heavy atom. The van der Waals surface area contributed by atoms with E-state index in [1.807, 2.05) is 0 Å². The minimum Gasteiger partial charge on any atom is -0.452 e. The van der Waals surface area contributed by atoms with Gasteiger partial charge in [-0.2, -0.15) is 4.31 Å². The van der Waals surface area contributed by atoms with Crippen LogP contribution in [-0.2, 0) is 33.9 Å². The second-order valence-electron chi connectivity index (χ2n) is 6.54. The topological polar surface area (TPSA) is 122 Å². The SMILES string of the molecule is CC(=O)Nc1ccc(S(=O)(=O)N(C)CC(=O)OC(C)C(=O)N2CCOCC2)cc1. The molecule has 1 aromatic rings. The molecule has 1 fully saturated rings. The number of ether oxygens (including phenoxy) is 2. The van der Waals surface area contributed by atoms with Crippen LogP contribution >= 0.6 is 0 Å². The molecule has 1 aromatic carbocycles. The molecule has 2 amide bonds. The van der Waals surface area contributed by atoms with E-state index in [-0.39, 0.29) is 16.7 Å². The Balaban J connectivity index is 1.94. The van der Waals surface area contributed by atoms with Crippen LogP contribution in [0.3, 0.4) is 0 Å². The van der Waals surface area contributed by atoms with Gasteiger partial charge in [-0.1, -0.05) is 0 Å². The monoisotopic (exact) mass is 427 g/mol. The Labute approximate surface area is 169 Å². The lowest BCUT2D eigenvalue weighted by Crippen LogP contribution is -2.46. The molecule has 0 radical (unpaired) electrons. The van der Waals surface area contributed by atoms with Gasteiger partial charge >= 0.3 is 5.97 Å². The fourth-order valence-electron chi connectivity index (χ4n) is 2.69. The third kappa shape index (κ3) is 6.24. The number of hydrogen-bond donors (Lipinski definition) is 1. The van der Waals surface area contributed by atoms with E-state index in [4.69, 9.17) is 9.47 Å². The van der Waals surface area contributed by atoms with Crippen LogP contribution in [0, 0.1) is 0 Å². The Bertz CT molecular complexity index is 849. The summed E-state index contributed by atoms with van der Waals surface area (Å²) >= 11 is 0. The first-order valence-corrected chi connectivity index (χ1v) is 10.5. The van der Waals surface area contributed by atoms with Crippen molar-refractivity contribution in [3.05, 3.63) is 24.3 Å². The van der Waals surface area contributed by atoms with Crippen molar-refractivity contribution in [3.63, 3.8) is 0 Å². The lowest BCUT2D eigenvalue weighted by molar-refractivity contribution is -0.160. The third-order valence-electron chi connectivity index (χ3n) is 4.21. The van der Waals surface area contributed by atoms with E-state index in [0.29, 0.717) is 32.0 Å². The van der Waals surface area contributed by atoms with E-state index in [2.05, 4.69) is 5.32 Å². The number of carbonyl (C=O) groups is 3. The van der Waals surface area contributed by atoms with Crippen molar-refractivity contribution in [2.24, 2.45) is 0 Å². The molecular weight excluding hydrogens is 402 g/mol. The minimum absolute atomic E-state index is 0.0423. The van der Waals surface area contributed by atoms with Crippen molar-refractivity contribution in [3.8, 4) is 0 Å². The molecule has 1 aliphatic heterocycles. The highest BCUT2D eigenvalue weighted by atomic mass is 32.2. The molecule has 1 aliphatic rings. The molecule has 1 unspecified atom stereocenters. The molecule has 29 heavy (non-hydrogen) atoms. The van der Waals surface area contributed by atoms with Crippen molar-refractivity contribution in [2.75, 3.05) is 45.2 Å². The van der Waals surface area contributed by atoms with E-state index in [1.54, 1.807) is 4.90 Å². The van der Waals surface area contributed by atoms with E-state index in [9.17, 15) is 22.8 Å². The van der Waals surface area contributed by atoms with Crippen LogP contribution in [0.2, 0.25) is 0 Å². The summed E-state index contributed by atoms with van der Waals surface area (Å²) in [7, 11) is -2.71. The minimum atomic E-state index is -3.95. The van der Waals surface area contributed by atoms with Gasteiger partial charge in [-0.15, -0.1) is 0 Å². The molecule has 1 heterocycles. The summed E-state index contributed by atoms with van der Waals surface area (Å²) in [4.78, 5) is 36.9. The van der Waals surface area contributed by atoms with Gasteiger partial charge in [0.15, 0.2) is 6.10 Å². The largest absolute Gasteiger partial charge is 0.452 e. The van der Waals surface area contributed by atoms with Crippen LogP contribution in [0.5, 0.6) is 0 Å². The Hall–Kier alpha value is -2.50. The van der Waals surface area contributed by atoms with Crippen LogP contribution < -0.4 is 5.32 Å². The van der Waals surface area contributed by atoms with Gasteiger partial charge in [0.05, 0.1) is 18.1 Å². The standard InChI is InChI=1S/C18H25N3O7S/c1-13(18(24)21-8-10-27-11-9-21)28-17(23)12-20(3)29(25,26)16-6-4-15(5-7-16)19-14(2)22/h4-7,13H,8-12H2,1-3H3,(H,19,22). The molecule has 1 N–H and O–H groups in total. The van der Waals surface area contributed by atoms with Gasteiger partial charge in [-0.25, -0.2) is 8.42 Å². The van der Waals surface area contributed by atoms with Crippen molar-refractivity contribution in [1.82, 2.24) is 9.21 Å². The summed E-state index contributed by atoms with van der Waals surface area (Å²) in [6.45, 7) is 3.94. The maximum Gasteiger partial charge on any atom is 0.322 e. The Kier molecular flexibility index (Phi) is 7.71. The molecule has 1 atom stereocenters. The van der Waals surface area contributed by atoms with Crippen molar-refractivity contribution < 1.29 is 32.3 Å². The lowest BCUT2D eigenvalue weighted by Gasteiger charge is -2.29. The molecular formula is C18H25N3O7S. The number of rotatable bonds is 7. The van der Waals surface area contributed by atoms with Crippen molar-refractivity contribution in [1.29, 1.82) is 0 Å². The predicted molar refractivity (Wildman–Crippen MR) is 104 cm³/mol. The number of likely N-dealkylation sites (N-methyl/N-ethyl adjacent to an activating group) is 1. The van der Waals surface area contributed by atoms with E-state index in [1.165, 1.54) is 45.2 Å². The van der Waals surface area contributed by atoms with Gasteiger partial charge in [0, 0.05) is 32.7 Å². The summed E-state index contributed by atoms with van der Waals surface area (Å²) in [5, 5.41) is 2.54. The van der Waals surface area contributed by atoms with Gasteiger partial charge in [0.2, 0.25) is 15.9 Å². The number of sulfonamides is 1. The number of morpholine rings is 1. The van der Waals surface area contributed by atoms with E-state index in [0.717, 1.165) is 4.31 Å². The number of nitrogens with one attached hydrogen (secondary N) is 1. The summed E-state index contributed by atoms with van der Waals surface area (Å²) in [6.07, 6.45) is -1.02. The molecule has 2 rings (SSSR count). The van der Waals surface area contributed by atoms with Gasteiger partial charge < -0.3 is 19.7 Å². The molecule has 160 valence electrons. The van der Waals surface area contributed by atoms with Crippen LogP contribution in [0.25, 0.3) is 0 Å². The summed E-state index contributed by atoms with van der Waals surface area (Å²) in [5.74, 6) is -1.46. The first-order valence-electron chi connectivity index (χ1n) is 9.01. The third-order valence-corrected chi connectivity index (χ3v) is 6.03. The molecule has 0 aromatic heterocycles. The number of carbonyl (C=O) groups excluding carboxylic acids is 3. The van der Waals surface area contributed by atoms with Gasteiger partial charge in [0.25, 0.3) is 5.91 Å². The molecule has 10 nitrogen and oxygen atoms in total. The zero-order valence-corrected chi connectivity index (χ0v) is 17.4. The Morgan fingerprint density at radius 3 is 2.34 bits per heavy atom. The highest BCUT2D eigenvalue weighted by Gasteiger charge is 2.28. The highest BCUT2D eigenvalue weighted by molar-refractivity contribution is 7.89. The van der Waals surface area contributed by atoms with Gasteiger partial charge in [-0.05, 0) is 31.2 Å². The average Bonchev–Trinajstić information content (AvgIpc) is 2.67. The lowest BCUT2D eigenvalue weighted by atomic mass is 10.3. The summed E-state index contributed by atoms with van der Waals surface area (Å²) < 4.78 is 36.3. The normalized spacial score (nSPS) is 15.7. The highest BCUT2D eigenvalue weighted by Crippen LogP contribution is 2.17. The number of hydrogen-bond acceptors (Lipinski definition) is 7. The first kappa shape index (κ1) is 22.8. The summed E-state index contributed by atoms with van der Waals surface area (Å²) in [6, 6.07) is 5.55. The number of nitrogens with zero attached hydrogens (tertiary/aromatic N) is 2. The second-order valence-corrected chi connectivity index (χ2v) is 8.58. The predicted octanol–water partition coefficient (Wildman–Crippen LogP) is 0.0560. The molecule has 11 heteroatoms. The second kappa shape index (κ2) is 9.81. The van der Waals surface area contributed by atoms with E-state index >= 15 is 0 Å². The van der Waals surface area contributed by atoms with Crippen LogP contribution in [-0.4, -0.2) is 81.4 Å². The van der Waals surface area contributed by atoms with E-state index < -0.39 is 28.6 Å². The molecule has 0 saturated carbocycles. The van der Waals surface area contributed by atoms with Crippen molar-refractivity contribution >= 4 is 33.5 Å². The molecule has 0 aliphatic carbocycles. The fourth-order valence-corrected chi connectivity index (χ4v) is 3.80. The molecule has 0 bridgehead atoms. The molecule has 0 spiro atoms. The molecule has 1 saturated heterocycles. The Morgan fingerprint density at radius 1 is 1.21 bits per heavy atom. The van der Waals surface area contributed by atoms with Crippen LogP contribution in [0.15, 0.2) is 29.2 Å². The maximum atomic E-state index is 12.6. The fraction of sp³-hybridized carbons (Fsp3) is 0.500. The van der Waals surface area contributed by atoms with Crippen LogP contribution in [0.4, 0.5) is 5.69 Å². The van der Waals surface area contributed by atoms with Gasteiger partial charge in [0.1, 0.15) is 6.54 Å². The van der Waals surface area contributed by atoms with Crippen LogP contribution in [0.1, 0.15) is 13.8 Å². The van der Waals surface area contributed by atoms with Gasteiger partial charge in [-0.3, -0.25) is 14.4 Å². The summed E-state index contributed by atoms with van der Waals surface area (Å²) in [5.41, 5.74) is 0.453. The first-order chi connectivity index (χ1) is 13.6. The number of anilines is 1.